The van der Waals surface area contributed by atoms with Crippen molar-refractivity contribution in [1.82, 2.24) is 9.97 Å². The second kappa shape index (κ2) is 4.19. The van der Waals surface area contributed by atoms with Gasteiger partial charge in [0, 0.05) is 0 Å². The van der Waals surface area contributed by atoms with Gasteiger partial charge in [0.25, 0.3) is 0 Å². The van der Waals surface area contributed by atoms with Gasteiger partial charge in [-0.3, -0.25) is 0 Å². The van der Waals surface area contributed by atoms with E-state index in [0.29, 0.717) is 5.02 Å². The third-order valence-electron chi connectivity index (χ3n) is 0.672. The lowest BCUT2D eigenvalue weighted by Gasteiger charge is -1.90. The molecule has 56 valence electrons. The number of hydrogen-bond acceptors (Lipinski definition) is 2. The number of rotatable bonds is 0. The highest BCUT2D eigenvalue weighted by atomic mass is 35.5. The summed E-state index contributed by atoms with van der Waals surface area (Å²) >= 11 is 16.3. The SMILES string of the molecule is Cl.Clc1ncc(Cl)c(Cl)n1. The molecule has 10 heavy (non-hydrogen) atoms. The van der Waals surface area contributed by atoms with Gasteiger partial charge in [-0.1, -0.05) is 23.2 Å². The van der Waals surface area contributed by atoms with Crippen LogP contribution < -0.4 is 0 Å². The summed E-state index contributed by atoms with van der Waals surface area (Å²) < 4.78 is 0. The number of hydrogen-bond donors (Lipinski definition) is 0. The van der Waals surface area contributed by atoms with Gasteiger partial charge in [0.05, 0.1) is 11.2 Å². The predicted octanol–water partition coefficient (Wildman–Crippen LogP) is 2.86. The van der Waals surface area contributed by atoms with Crippen LogP contribution in [0.5, 0.6) is 0 Å². The highest BCUT2D eigenvalue weighted by Gasteiger charge is 1.98. The van der Waals surface area contributed by atoms with Crippen LogP contribution in [0.1, 0.15) is 0 Å². The molecule has 0 aliphatic heterocycles. The van der Waals surface area contributed by atoms with E-state index in [1.54, 1.807) is 0 Å². The predicted molar refractivity (Wildman–Crippen MR) is 44.3 cm³/mol. The largest absolute Gasteiger partial charge is 0.225 e. The highest BCUT2D eigenvalue weighted by Crippen LogP contribution is 2.18. The molecule has 1 rings (SSSR count). The van der Waals surface area contributed by atoms with E-state index < -0.39 is 0 Å². The van der Waals surface area contributed by atoms with Gasteiger partial charge in [-0.05, 0) is 11.6 Å². The summed E-state index contributed by atoms with van der Waals surface area (Å²) in [5.41, 5.74) is 0. The third-order valence-corrected chi connectivity index (χ3v) is 1.52. The van der Waals surface area contributed by atoms with E-state index in [4.69, 9.17) is 34.8 Å². The Balaban J connectivity index is 0.000000810. The fourth-order valence-electron chi connectivity index (χ4n) is 0.326. The zero-order valence-corrected chi connectivity index (χ0v) is 7.60. The van der Waals surface area contributed by atoms with Crippen molar-refractivity contribution in [1.29, 1.82) is 0 Å². The van der Waals surface area contributed by atoms with Crippen LogP contribution in [-0.2, 0) is 0 Å². The van der Waals surface area contributed by atoms with Crippen molar-refractivity contribution >= 4 is 47.2 Å². The molecule has 0 atom stereocenters. The van der Waals surface area contributed by atoms with E-state index in [2.05, 4.69) is 9.97 Å². The van der Waals surface area contributed by atoms with Crippen molar-refractivity contribution in [2.45, 2.75) is 0 Å². The van der Waals surface area contributed by atoms with E-state index in [0.717, 1.165) is 0 Å². The molecule has 1 heterocycles. The normalized spacial score (nSPS) is 8.70. The van der Waals surface area contributed by atoms with Gasteiger partial charge in [-0.2, -0.15) is 0 Å². The van der Waals surface area contributed by atoms with Crippen LogP contribution in [-0.4, -0.2) is 9.97 Å². The first kappa shape index (κ1) is 10.2. The molecule has 2 nitrogen and oxygen atoms in total. The van der Waals surface area contributed by atoms with Gasteiger partial charge in [0.2, 0.25) is 5.28 Å². The molecule has 1 aromatic heterocycles. The second-order valence-electron chi connectivity index (χ2n) is 1.28. The van der Waals surface area contributed by atoms with Crippen LogP contribution in [0.15, 0.2) is 6.20 Å². The van der Waals surface area contributed by atoms with Crippen LogP contribution >= 0.6 is 47.2 Å². The molecule has 0 bridgehead atoms. The fourth-order valence-corrected chi connectivity index (χ4v) is 0.723. The first-order valence-electron chi connectivity index (χ1n) is 2.03. The standard InChI is InChI=1S/C4HCl3N2.ClH/c5-2-1-8-4(7)9-3(2)6;/h1H;1H. The van der Waals surface area contributed by atoms with Crippen LogP contribution in [0.4, 0.5) is 0 Å². The highest BCUT2D eigenvalue weighted by molar-refractivity contribution is 6.41. The van der Waals surface area contributed by atoms with Crippen molar-refractivity contribution in [2.75, 3.05) is 0 Å². The molecule has 6 heteroatoms. The van der Waals surface area contributed by atoms with Crippen LogP contribution in [0, 0.1) is 0 Å². The molecular weight excluding hydrogens is 218 g/mol. The third kappa shape index (κ3) is 2.46. The Morgan fingerprint density at radius 2 is 1.80 bits per heavy atom. The van der Waals surface area contributed by atoms with Crippen molar-refractivity contribution in [3.8, 4) is 0 Å². The molecule has 0 unspecified atom stereocenters. The van der Waals surface area contributed by atoms with Gasteiger partial charge in [0.1, 0.15) is 0 Å². The maximum absolute atomic E-state index is 5.47. The maximum Gasteiger partial charge on any atom is 0.223 e. The average molecular weight is 220 g/mol. The van der Waals surface area contributed by atoms with Crippen molar-refractivity contribution in [2.24, 2.45) is 0 Å². The smallest absolute Gasteiger partial charge is 0.223 e. The number of halogens is 4. The Kier molecular flexibility index (Phi) is 4.29. The lowest BCUT2D eigenvalue weighted by atomic mass is 10.7. The molecule has 0 aromatic carbocycles. The van der Waals surface area contributed by atoms with Crippen LogP contribution in [0.3, 0.4) is 0 Å². The molecule has 1 aromatic rings. The van der Waals surface area contributed by atoms with Crippen LogP contribution in [0.2, 0.25) is 15.5 Å². The molecular formula is C4H2Cl4N2. The van der Waals surface area contributed by atoms with Gasteiger partial charge in [0.15, 0.2) is 5.15 Å². The maximum atomic E-state index is 5.47. The first-order chi connectivity index (χ1) is 4.20. The number of aromatic nitrogens is 2. The summed E-state index contributed by atoms with van der Waals surface area (Å²) in [5, 5.41) is 0.585. The van der Waals surface area contributed by atoms with E-state index in [1.807, 2.05) is 0 Å². The zero-order valence-electron chi connectivity index (χ0n) is 4.51. The fraction of sp³-hybridized carbons (Fsp3) is 0. The molecule has 0 N–H and O–H groups in total. The second-order valence-corrected chi connectivity index (χ2v) is 2.38. The minimum Gasteiger partial charge on any atom is -0.225 e. The molecule has 0 amide bonds. The van der Waals surface area contributed by atoms with E-state index >= 15 is 0 Å². The quantitative estimate of drug-likeness (QED) is 0.496. The minimum absolute atomic E-state index is 0. The molecule has 0 saturated heterocycles. The molecule has 0 saturated carbocycles. The van der Waals surface area contributed by atoms with Crippen molar-refractivity contribution in [3.63, 3.8) is 0 Å². The van der Waals surface area contributed by atoms with Gasteiger partial charge in [-0.15, -0.1) is 12.4 Å². The Labute approximate surface area is 78.9 Å². The molecule has 0 aliphatic carbocycles. The lowest BCUT2D eigenvalue weighted by molar-refractivity contribution is 1.17. The van der Waals surface area contributed by atoms with E-state index in [-0.39, 0.29) is 22.8 Å². The van der Waals surface area contributed by atoms with E-state index in [9.17, 15) is 0 Å². The lowest BCUT2D eigenvalue weighted by Crippen LogP contribution is -1.81. The molecule has 0 fully saturated rings. The van der Waals surface area contributed by atoms with Gasteiger partial charge in [-0.25, -0.2) is 9.97 Å². The van der Waals surface area contributed by atoms with Crippen molar-refractivity contribution < 1.29 is 0 Å². The summed E-state index contributed by atoms with van der Waals surface area (Å²) in [6.07, 6.45) is 1.35. The Morgan fingerprint density at radius 1 is 1.20 bits per heavy atom. The van der Waals surface area contributed by atoms with Gasteiger partial charge < -0.3 is 0 Å². The minimum atomic E-state index is 0. The average Bonchev–Trinajstić information content (AvgIpc) is 1.80. The molecule has 0 aliphatic rings. The Morgan fingerprint density at radius 3 is 2.20 bits per heavy atom. The molecule has 0 spiro atoms. The summed E-state index contributed by atoms with van der Waals surface area (Å²) in [6.45, 7) is 0. The first-order valence-corrected chi connectivity index (χ1v) is 3.17. The number of nitrogens with zero attached hydrogens (tertiary/aromatic N) is 2. The zero-order chi connectivity index (χ0) is 6.85. The monoisotopic (exact) mass is 218 g/mol. The summed E-state index contributed by atoms with van der Waals surface area (Å²) in [6, 6.07) is 0. The summed E-state index contributed by atoms with van der Waals surface area (Å²) in [7, 11) is 0. The Bertz CT molecular complexity index is 226. The van der Waals surface area contributed by atoms with Gasteiger partial charge >= 0.3 is 0 Å². The molecule has 0 radical (unpaired) electrons. The summed E-state index contributed by atoms with van der Waals surface area (Å²) in [5.74, 6) is 0. The van der Waals surface area contributed by atoms with E-state index in [1.165, 1.54) is 6.20 Å². The Hall–Kier alpha value is 0.240. The topological polar surface area (TPSA) is 25.8 Å². The van der Waals surface area contributed by atoms with Crippen molar-refractivity contribution in [3.05, 3.63) is 21.7 Å². The summed E-state index contributed by atoms with van der Waals surface area (Å²) in [4.78, 5) is 7.14. The van der Waals surface area contributed by atoms with Crippen LogP contribution in [0.25, 0.3) is 0 Å².